The lowest BCUT2D eigenvalue weighted by Crippen LogP contribution is -2.49. The van der Waals surface area contributed by atoms with E-state index in [0.717, 1.165) is 6.26 Å². The maximum Gasteiger partial charge on any atom is 0.262 e. The number of nitrogens with zero attached hydrogens (tertiary/aromatic N) is 1. The van der Waals surface area contributed by atoms with Gasteiger partial charge in [0.25, 0.3) is 11.8 Å². The Morgan fingerprint density at radius 2 is 1.87 bits per heavy atom. The molecular formula is C21H24FN3O5S. The van der Waals surface area contributed by atoms with Crippen LogP contribution in [0.1, 0.15) is 23.2 Å². The SMILES string of the molecule is CS(=O)(=O)N1CCCC(NC(=O)c2ccccc2OCC(=O)Nc2ccccc2F)C1. The summed E-state index contributed by atoms with van der Waals surface area (Å²) < 4.78 is 44.0. The molecule has 166 valence electrons. The molecule has 0 radical (unpaired) electrons. The summed E-state index contributed by atoms with van der Waals surface area (Å²) in [5.41, 5.74) is 0.257. The van der Waals surface area contributed by atoms with Gasteiger partial charge in [0, 0.05) is 19.1 Å². The molecule has 1 unspecified atom stereocenters. The van der Waals surface area contributed by atoms with Crippen LogP contribution in [0.2, 0.25) is 0 Å². The Kier molecular flexibility index (Phi) is 7.24. The van der Waals surface area contributed by atoms with Crippen molar-refractivity contribution >= 4 is 27.5 Å². The van der Waals surface area contributed by atoms with Gasteiger partial charge in [-0.15, -0.1) is 0 Å². The number of hydrogen-bond donors (Lipinski definition) is 2. The summed E-state index contributed by atoms with van der Waals surface area (Å²) in [6.07, 6.45) is 2.45. The van der Waals surface area contributed by atoms with Crippen molar-refractivity contribution in [2.45, 2.75) is 18.9 Å². The summed E-state index contributed by atoms with van der Waals surface area (Å²) in [7, 11) is -3.33. The van der Waals surface area contributed by atoms with Gasteiger partial charge in [0.15, 0.2) is 6.61 Å². The summed E-state index contributed by atoms with van der Waals surface area (Å²) in [6, 6.07) is 11.9. The zero-order valence-electron chi connectivity index (χ0n) is 17.0. The summed E-state index contributed by atoms with van der Waals surface area (Å²) in [4.78, 5) is 24.9. The van der Waals surface area contributed by atoms with Gasteiger partial charge in [-0.3, -0.25) is 9.59 Å². The highest BCUT2D eigenvalue weighted by atomic mass is 32.2. The van der Waals surface area contributed by atoms with Crippen molar-refractivity contribution in [3.8, 4) is 5.75 Å². The number of anilines is 1. The molecule has 1 aliphatic heterocycles. The van der Waals surface area contributed by atoms with Crippen molar-refractivity contribution in [3.63, 3.8) is 0 Å². The van der Waals surface area contributed by atoms with Crippen LogP contribution in [-0.4, -0.2) is 56.5 Å². The van der Waals surface area contributed by atoms with Crippen LogP contribution in [0.4, 0.5) is 10.1 Å². The Labute approximate surface area is 180 Å². The number of carbonyl (C=O) groups excluding carboxylic acids is 2. The lowest BCUT2D eigenvalue weighted by atomic mass is 10.1. The van der Waals surface area contributed by atoms with E-state index in [-0.39, 0.29) is 29.6 Å². The van der Waals surface area contributed by atoms with E-state index in [1.54, 1.807) is 30.3 Å². The minimum atomic E-state index is -3.33. The average Bonchev–Trinajstić information content (AvgIpc) is 2.74. The third kappa shape index (κ3) is 6.25. The first-order valence-electron chi connectivity index (χ1n) is 9.76. The van der Waals surface area contributed by atoms with E-state index in [4.69, 9.17) is 4.74 Å². The smallest absolute Gasteiger partial charge is 0.262 e. The van der Waals surface area contributed by atoms with Gasteiger partial charge in [-0.25, -0.2) is 17.1 Å². The first kappa shape index (κ1) is 22.7. The number of nitrogens with one attached hydrogen (secondary N) is 2. The molecule has 1 heterocycles. The molecule has 0 spiro atoms. The molecule has 0 saturated carbocycles. The van der Waals surface area contributed by atoms with Crippen LogP contribution in [0.3, 0.4) is 0 Å². The standard InChI is InChI=1S/C21H24FN3O5S/c1-31(28,29)25-12-6-7-15(13-25)23-21(27)16-8-2-5-11-19(16)30-14-20(26)24-18-10-4-3-9-17(18)22/h2-5,8-11,15H,6-7,12-14H2,1H3,(H,23,27)(H,24,26). The van der Waals surface area contributed by atoms with Gasteiger partial charge >= 0.3 is 0 Å². The van der Waals surface area contributed by atoms with Gasteiger partial charge < -0.3 is 15.4 Å². The Hall–Kier alpha value is -2.98. The van der Waals surface area contributed by atoms with Gasteiger partial charge in [0.05, 0.1) is 17.5 Å². The predicted molar refractivity (Wildman–Crippen MR) is 114 cm³/mol. The normalized spacial score (nSPS) is 17.0. The van der Waals surface area contributed by atoms with Crippen LogP contribution < -0.4 is 15.4 Å². The van der Waals surface area contributed by atoms with Crippen LogP contribution >= 0.6 is 0 Å². The number of benzene rings is 2. The van der Waals surface area contributed by atoms with E-state index < -0.39 is 34.3 Å². The molecule has 1 aliphatic rings. The van der Waals surface area contributed by atoms with Crippen LogP contribution in [-0.2, 0) is 14.8 Å². The number of ether oxygens (including phenoxy) is 1. The molecule has 2 amide bonds. The number of piperidine rings is 1. The molecule has 0 bridgehead atoms. The number of hydrogen-bond acceptors (Lipinski definition) is 5. The lowest BCUT2D eigenvalue weighted by Gasteiger charge is -2.31. The zero-order valence-corrected chi connectivity index (χ0v) is 17.8. The van der Waals surface area contributed by atoms with Gasteiger partial charge in [-0.2, -0.15) is 0 Å². The molecule has 3 rings (SSSR count). The van der Waals surface area contributed by atoms with E-state index in [9.17, 15) is 22.4 Å². The molecule has 8 nitrogen and oxygen atoms in total. The largest absolute Gasteiger partial charge is 0.483 e. The molecule has 31 heavy (non-hydrogen) atoms. The summed E-state index contributed by atoms with van der Waals surface area (Å²) >= 11 is 0. The fourth-order valence-electron chi connectivity index (χ4n) is 3.30. The maximum absolute atomic E-state index is 13.7. The molecule has 1 fully saturated rings. The Morgan fingerprint density at radius 3 is 2.61 bits per heavy atom. The van der Waals surface area contributed by atoms with Gasteiger partial charge in [0.2, 0.25) is 10.0 Å². The lowest BCUT2D eigenvalue weighted by molar-refractivity contribution is -0.118. The summed E-state index contributed by atoms with van der Waals surface area (Å²) in [5, 5.41) is 5.25. The van der Waals surface area contributed by atoms with Crippen LogP contribution in [0.25, 0.3) is 0 Å². The number of para-hydroxylation sites is 2. The van der Waals surface area contributed by atoms with Crippen molar-refractivity contribution in [2.24, 2.45) is 0 Å². The first-order chi connectivity index (χ1) is 14.7. The van der Waals surface area contributed by atoms with Gasteiger partial charge in [-0.1, -0.05) is 24.3 Å². The van der Waals surface area contributed by atoms with Crippen molar-refractivity contribution in [3.05, 3.63) is 59.9 Å². The van der Waals surface area contributed by atoms with Crippen molar-refractivity contribution < 1.29 is 27.1 Å². The number of carbonyl (C=O) groups is 2. The minimum absolute atomic E-state index is 0.0369. The minimum Gasteiger partial charge on any atom is -0.483 e. The molecule has 2 aromatic carbocycles. The maximum atomic E-state index is 13.7. The average molecular weight is 450 g/mol. The molecule has 2 N–H and O–H groups in total. The van der Waals surface area contributed by atoms with Crippen molar-refractivity contribution in [1.29, 1.82) is 0 Å². The van der Waals surface area contributed by atoms with E-state index in [2.05, 4.69) is 10.6 Å². The van der Waals surface area contributed by atoms with Crippen molar-refractivity contribution in [1.82, 2.24) is 9.62 Å². The monoisotopic (exact) mass is 449 g/mol. The fourth-order valence-corrected chi connectivity index (χ4v) is 4.21. The summed E-state index contributed by atoms with van der Waals surface area (Å²) in [6.45, 7) is 0.227. The number of amides is 2. The van der Waals surface area contributed by atoms with Crippen LogP contribution in [0.5, 0.6) is 5.75 Å². The molecule has 1 atom stereocenters. The molecule has 0 aliphatic carbocycles. The third-order valence-corrected chi connectivity index (χ3v) is 6.10. The fraction of sp³-hybridized carbons (Fsp3) is 0.333. The van der Waals surface area contributed by atoms with Gasteiger partial charge in [0.1, 0.15) is 11.6 Å². The quantitative estimate of drug-likeness (QED) is 0.673. The van der Waals surface area contributed by atoms with E-state index >= 15 is 0 Å². The Balaban J connectivity index is 1.61. The second-order valence-electron chi connectivity index (χ2n) is 7.25. The Morgan fingerprint density at radius 1 is 1.16 bits per heavy atom. The molecule has 1 saturated heterocycles. The molecule has 0 aromatic heterocycles. The van der Waals surface area contributed by atoms with Crippen molar-refractivity contribution in [2.75, 3.05) is 31.3 Å². The molecule has 10 heteroatoms. The number of halogens is 1. The second kappa shape index (κ2) is 9.88. The highest BCUT2D eigenvalue weighted by Crippen LogP contribution is 2.20. The Bertz CT molecular complexity index is 1060. The van der Waals surface area contributed by atoms with Crippen LogP contribution in [0.15, 0.2) is 48.5 Å². The third-order valence-electron chi connectivity index (χ3n) is 4.83. The van der Waals surface area contributed by atoms with E-state index in [0.29, 0.717) is 19.4 Å². The second-order valence-corrected chi connectivity index (χ2v) is 9.23. The summed E-state index contributed by atoms with van der Waals surface area (Å²) in [5.74, 6) is -1.37. The molecule has 2 aromatic rings. The van der Waals surface area contributed by atoms with Crippen LogP contribution in [0, 0.1) is 5.82 Å². The highest BCUT2D eigenvalue weighted by molar-refractivity contribution is 7.88. The number of sulfonamides is 1. The van der Waals surface area contributed by atoms with E-state index in [1.807, 2.05) is 0 Å². The number of rotatable bonds is 7. The zero-order chi connectivity index (χ0) is 22.4. The topological polar surface area (TPSA) is 105 Å². The predicted octanol–water partition coefficient (Wildman–Crippen LogP) is 2.00. The molecular weight excluding hydrogens is 425 g/mol. The van der Waals surface area contributed by atoms with Gasteiger partial charge in [-0.05, 0) is 37.1 Å². The highest BCUT2D eigenvalue weighted by Gasteiger charge is 2.27. The van der Waals surface area contributed by atoms with E-state index in [1.165, 1.54) is 22.5 Å². The first-order valence-corrected chi connectivity index (χ1v) is 11.6.